The van der Waals surface area contributed by atoms with E-state index >= 15 is 0 Å². The molecule has 0 spiro atoms. The number of amides is 1. The molecular formula is C23H24N6O2. The lowest BCUT2D eigenvalue weighted by Crippen LogP contribution is -2.23. The smallest absolute Gasteiger partial charge is 0.252 e. The number of carbonyl (C=O) groups is 1. The van der Waals surface area contributed by atoms with Gasteiger partial charge in [-0.25, -0.2) is 9.97 Å². The Kier molecular flexibility index (Phi) is 4.77. The normalized spacial score (nSPS) is 13.8. The van der Waals surface area contributed by atoms with Gasteiger partial charge in [0, 0.05) is 23.9 Å². The van der Waals surface area contributed by atoms with Crippen LogP contribution >= 0.6 is 0 Å². The third-order valence-corrected chi connectivity index (χ3v) is 5.53. The second-order valence-corrected chi connectivity index (χ2v) is 8.31. The molecule has 4 aromatic heterocycles. The van der Waals surface area contributed by atoms with Crippen molar-refractivity contribution < 1.29 is 9.32 Å². The van der Waals surface area contributed by atoms with Crippen LogP contribution in [0.5, 0.6) is 0 Å². The molecule has 0 aromatic carbocycles. The first-order valence-corrected chi connectivity index (χ1v) is 10.6. The topological polar surface area (TPSA) is 98.7 Å². The Morgan fingerprint density at radius 1 is 1.29 bits per heavy atom. The zero-order valence-corrected chi connectivity index (χ0v) is 17.8. The minimum absolute atomic E-state index is 0.180. The molecule has 0 bridgehead atoms. The Morgan fingerprint density at radius 2 is 2.13 bits per heavy atom. The maximum absolute atomic E-state index is 13.2. The van der Waals surface area contributed by atoms with Gasteiger partial charge in [-0.05, 0) is 43.9 Å². The monoisotopic (exact) mass is 416 g/mol. The van der Waals surface area contributed by atoms with E-state index < -0.39 is 0 Å². The van der Waals surface area contributed by atoms with E-state index in [4.69, 9.17) is 9.51 Å². The summed E-state index contributed by atoms with van der Waals surface area (Å²) in [4.78, 5) is 22.5. The quantitative estimate of drug-likeness (QED) is 0.509. The maximum atomic E-state index is 13.2. The van der Waals surface area contributed by atoms with Crippen LogP contribution in [0.2, 0.25) is 0 Å². The van der Waals surface area contributed by atoms with Crippen molar-refractivity contribution in [2.24, 2.45) is 0 Å². The van der Waals surface area contributed by atoms with Crippen molar-refractivity contribution in [3.8, 4) is 5.82 Å². The van der Waals surface area contributed by atoms with Crippen molar-refractivity contribution in [1.82, 2.24) is 30.2 Å². The molecule has 4 aromatic rings. The highest BCUT2D eigenvalue weighted by atomic mass is 16.5. The molecule has 8 heteroatoms. The molecule has 0 atom stereocenters. The average Bonchev–Trinajstić information content (AvgIpc) is 3.42. The Morgan fingerprint density at radius 3 is 2.81 bits per heavy atom. The molecule has 1 aliphatic carbocycles. The molecule has 5 rings (SSSR count). The van der Waals surface area contributed by atoms with Crippen LogP contribution in [0.15, 0.2) is 41.1 Å². The number of carbonyl (C=O) groups excluding carboxylic acids is 1. The molecule has 1 fully saturated rings. The number of rotatable bonds is 6. The van der Waals surface area contributed by atoms with Crippen LogP contribution in [0.4, 0.5) is 0 Å². The van der Waals surface area contributed by atoms with Gasteiger partial charge in [0.15, 0.2) is 17.2 Å². The van der Waals surface area contributed by atoms with Crippen molar-refractivity contribution >= 4 is 16.9 Å². The van der Waals surface area contributed by atoms with Gasteiger partial charge < -0.3 is 9.84 Å². The van der Waals surface area contributed by atoms with Crippen LogP contribution in [0.25, 0.3) is 16.9 Å². The summed E-state index contributed by atoms with van der Waals surface area (Å²) in [7, 11) is 0. The van der Waals surface area contributed by atoms with Crippen LogP contribution in [-0.2, 0) is 6.54 Å². The Bertz CT molecular complexity index is 1250. The Balaban J connectivity index is 1.52. The average molecular weight is 416 g/mol. The summed E-state index contributed by atoms with van der Waals surface area (Å²) < 4.78 is 7.08. The van der Waals surface area contributed by atoms with Gasteiger partial charge >= 0.3 is 0 Å². The molecule has 1 saturated carbocycles. The minimum atomic E-state index is -0.180. The molecule has 8 nitrogen and oxygen atoms in total. The van der Waals surface area contributed by atoms with Crippen molar-refractivity contribution in [2.45, 2.75) is 52.0 Å². The summed E-state index contributed by atoms with van der Waals surface area (Å²) in [5, 5.41) is 12.4. The summed E-state index contributed by atoms with van der Waals surface area (Å²) in [6.45, 7) is 6.27. The first-order valence-electron chi connectivity index (χ1n) is 10.6. The van der Waals surface area contributed by atoms with Crippen molar-refractivity contribution in [2.75, 3.05) is 0 Å². The summed E-state index contributed by atoms with van der Waals surface area (Å²) in [5.41, 5.74) is 3.78. The Labute approximate surface area is 179 Å². The molecular weight excluding hydrogens is 392 g/mol. The molecule has 1 N–H and O–H groups in total. The van der Waals surface area contributed by atoms with Crippen LogP contribution in [0.1, 0.15) is 71.7 Å². The third kappa shape index (κ3) is 3.69. The number of aryl methyl sites for hydroxylation is 1. The van der Waals surface area contributed by atoms with E-state index in [2.05, 4.69) is 34.4 Å². The lowest BCUT2D eigenvalue weighted by atomic mass is 10.1. The van der Waals surface area contributed by atoms with E-state index in [1.165, 1.54) is 0 Å². The zero-order chi connectivity index (χ0) is 21.5. The van der Waals surface area contributed by atoms with E-state index in [1.54, 1.807) is 10.9 Å². The predicted molar refractivity (Wildman–Crippen MR) is 115 cm³/mol. The highest BCUT2D eigenvalue weighted by Gasteiger charge is 2.29. The van der Waals surface area contributed by atoms with Gasteiger partial charge in [0.05, 0.1) is 28.9 Å². The fourth-order valence-electron chi connectivity index (χ4n) is 3.66. The standard InChI is InChI=1S/C23H24N6O2/c1-13(2)18-10-16(31-28-18)12-25-23(30)17-11-19(15-7-8-15)26-22-21(17)14(3)27-29(22)20-6-4-5-9-24-20/h4-6,9-11,13,15H,7-8,12H2,1-3H3,(H,25,30). The van der Waals surface area contributed by atoms with E-state index in [0.717, 1.165) is 35.3 Å². The number of fused-ring (bicyclic) bond motifs is 1. The third-order valence-electron chi connectivity index (χ3n) is 5.53. The first kappa shape index (κ1) is 19.4. The first-order chi connectivity index (χ1) is 15.0. The van der Waals surface area contributed by atoms with Crippen LogP contribution in [0.3, 0.4) is 0 Å². The molecule has 0 saturated heterocycles. The Hall–Kier alpha value is -3.55. The van der Waals surface area contributed by atoms with Gasteiger partial charge in [-0.2, -0.15) is 9.78 Å². The van der Waals surface area contributed by atoms with Gasteiger partial charge in [-0.1, -0.05) is 25.1 Å². The van der Waals surface area contributed by atoms with Crippen molar-refractivity contribution in [1.29, 1.82) is 0 Å². The fourth-order valence-corrected chi connectivity index (χ4v) is 3.66. The molecule has 0 unspecified atom stereocenters. The fraction of sp³-hybridized carbons (Fsp3) is 0.348. The molecule has 158 valence electrons. The number of hydrogen-bond acceptors (Lipinski definition) is 6. The van der Waals surface area contributed by atoms with Crippen LogP contribution in [-0.4, -0.2) is 30.8 Å². The van der Waals surface area contributed by atoms with Crippen molar-refractivity contribution in [3.05, 3.63) is 64.9 Å². The van der Waals surface area contributed by atoms with Crippen LogP contribution in [0, 0.1) is 6.92 Å². The molecule has 31 heavy (non-hydrogen) atoms. The lowest BCUT2D eigenvalue weighted by molar-refractivity contribution is 0.0948. The highest BCUT2D eigenvalue weighted by Crippen LogP contribution is 2.40. The summed E-state index contributed by atoms with van der Waals surface area (Å²) in [5.74, 6) is 1.79. The van der Waals surface area contributed by atoms with E-state index in [1.807, 2.05) is 37.3 Å². The highest BCUT2D eigenvalue weighted by molar-refractivity contribution is 6.06. The summed E-state index contributed by atoms with van der Waals surface area (Å²) in [6.07, 6.45) is 3.90. The predicted octanol–water partition coefficient (Wildman–Crippen LogP) is 4.04. The van der Waals surface area contributed by atoms with Crippen molar-refractivity contribution in [3.63, 3.8) is 0 Å². The number of hydrogen-bond donors (Lipinski definition) is 1. The SMILES string of the molecule is Cc1nn(-c2ccccn2)c2nc(C3CC3)cc(C(=O)NCc3cc(C(C)C)no3)c12. The number of aromatic nitrogens is 5. The lowest BCUT2D eigenvalue weighted by Gasteiger charge is -2.08. The van der Waals surface area contributed by atoms with Gasteiger partial charge in [0.2, 0.25) is 0 Å². The number of nitrogens with one attached hydrogen (secondary N) is 1. The number of nitrogens with zero attached hydrogens (tertiary/aromatic N) is 5. The van der Waals surface area contributed by atoms with Gasteiger partial charge in [0.1, 0.15) is 0 Å². The minimum Gasteiger partial charge on any atom is -0.359 e. The van der Waals surface area contributed by atoms with E-state index in [9.17, 15) is 4.79 Å². The zero-order valence-electron chi connectivity index (χ0n) is 17.8. The van der Waals surface area contributed by atoms with Gasteiger partial charge in [-0.3, -0.25) is 4.79 Å². The molecule has 1 amide bonds. The van der Waals surface area contributed by atoms with Gasteiger partial charge in [0.25, 0.3) is 5.91 Å². The number of pyridine rings is 2. The molecule has 0 aliphatic heterocycles. The second kappa shape index (κ2) is 7.61. The largest absolute Gasteiger partial charge is 0.359 e. The van der Waals surface area contributed by atoms with E-state index in [0.29, 0.717) is 28.7 Å². The second-order valence-electron chi connectivity index (χ2n) is 8.31. The maximum Gasteiger partial charge on any atom is 0.252 e. The molecule has 1 aliphatic rings. The summed E-state index contributed by atoms with van der Waals surface area (Å²) in [6, 6.07) is 9.44. The molecule has 0 radical (unpaired) electrons. The van der Waals surface area contributed by atoms with Crippen LogP contribution < -0.4 is 5.32 Å². The van der Waals surface area contributed by atoms with Gasteiger partial charge in [-0.15, -0.1) is 0 Å². The summed E-state index contributed by atoms with van der Waals surface area (Å²) >= 11 is 0. The molecule has 4 heterocycles. The van der Waals surface area contributed by atoms with E-state index in [-0.39, 0.29) is 18.4 Å².